The summed E-state index contributed by atoms with van der Waals surface area (Å²) in [6, 6.07) is 6.75. The van der Waals surface area contributed by atoms with Crippen molar-refractivity contribution in [1.82, 2.24) is 29.2 Å². The maximum atomic E-state index is 13.7. The lowest BCUT2D eigenvalue weighted by Gasteiger charge is -2.36. The van der Waals surface area contributed by atoms with E-state index >= 15 is 0 Å². The summed E-state index contributed by atoms with van der Waals surface area (Å²) in [6.07, 6.45) is 5.38. The minimum atomic E-state index is -3.83. The van der Waals surface area contributed by atoms with Crippen LogP contribution in [0, 0.1) is 13.8 Å². The van der Waals surface area contributed by atoms with E-state index in [2.05, 4.69) is 30.1 Å². The summed E-state index contributed by atoms with van der Waals surface area (Å²) in [5.74, 6) is 0.521. The molecule has 0 aliphatic carbocycles. The maximum Gasteiger partial charge on any atom is 0.285 e. The topological polar surface area (TPSA) is 155 Å². The number of sulfonamides is 1. The molecule has 0 radical (unpaired) electrons. The number of pyridine rings is 1. The average Bonchev–Trinajstić information content (AvgIpc) is 3.56. The SMILES string of the molecule is Cc1cc([C@@H](C)Nc2ccc(Cl)nc2C(=O)NS(C)(=O)=O)c2nc(N3C[C@H]4C[C@@H]3CN4c3cnc(C)cn3)n(C)c(=O)c2c1. The number of carbonyl (C=O) groups is 1. The zero-order valence-electron chi connectivity index (χ0n) is 24.9. The number of rotatable bonds is 7. The fraction of sp³-hybridized carbons (Fsp3) is 0.379. The second-order valence-corrected chi connectivity index (χ2v) is 13.6. The second kappa shape index (κ2) is 11.0. The normalized spacial score (nSPS) is 18.6. The number of piperazine rings is 1. The van der Waals surface area contributed by atoms with Crippen LogP contribution in [0.15, 0.2) is 41.5 Å². The molecule has 1 aromatic carbocycles. The van der Waals surface area contributed by atoms with E-state index in [0.717, 1.165) is 41.9 Å². The molecule has 5 heterocycles. The number of carbonyl (C=O) groups excluding carboxylic acids is 1. The summed E-state index contributed by atoms with van der Waals surface area (Å²) in [6.45, 7) is 7.12. The van der Waals surface area contributed by atoms with Crippen molar-refractivity contribution < 1.29 is 13.2 Å². The van der Waals surface area contributed by atoms with Gasteiger partial charge in [-0.15, -0.1) is 0 Å². The third-order valence-electron chi connectivity index (χ3n) is 8.08. The largest absolute Gasteiger partial charge is 0.377 e. The van der Waals surface area contributed by atoms with E-state index < -0.39 is 22.0 Å². The van der Waals surface area contributed by atoms with Crippen molar-refractivity contribution in [2.24, 2.45) is 7.05 Å². The molecule has 2 aliphatic rings. The Morgan fingerprint density at radius 3 is 2.45 bits per heavy atom. The smallest absolute Gasteiger partial charge is 0.285 e. The van der Waals surface area contributed by atoms with Gasteiger partial charge >= 0.3 is 0 Å². The van der Waals surface area contributed by atoms with E-state index in [4.69, 9.17) is 16.6 Å². The second-order valence-electron chi connectivity index (χ2n) is 11.5. The zero-order chi connectivity index (χ0) is 31.5. The zero-order valence-corrected chi connectivity index (χ0v) is 26.4. The number of hydrogen-bond donors (Lipinski definition) is 2. The first-order valence-corrected chi connectivity index (χ1v) is 16.3. The third kappa shape index (κ3) is 5.54. The summed E-state index contributed by atoms with van der Waals surface area (Å²) >= 11 is 6.04. The van der Waals surface area contributed by atoms with Gasteiger partial charge in [0.2, 0.25) is 16.0 Å². The van der Waals surface area contributed by atoms with Crippen LogP contribution in [0.3, 0.4) is 0 Å². The molecule has 15 heteroatoms. The Balaban J connectivity index is 1.35. The maximum absolute atomic E-state index is 13.7. The Labute approximate surface area is 259 Å². The van der Waals surface area contributed by atoms with Crippen LogP contribution in [0.5, 0.6) is 0 Å². The van der Waals surface area contributed by atoms with Gasteiger partial charge in [-0.25, -0.2) is 28.1 Å². The number of amides is 1. The van der Waals surface area contributed by atoms with Crippen LogP contribution >= 0.6 is 11.6 Å². The lowest BCUT2D eigenvalue weighted by Crippen LogP contribution is -2.48. The molecule has 2 bridgehead atoms. The first kappa shape index (κ1) is 29.8. The predicted molar refractivity (Wildman–Crippen MR) is 169 cm³/mol. The molecule has 2 aliphatic heterocycles. The molecule has 230 valence electrons. The van der Waals surface area contributed by atoms with E-state index in [-0.39, 0.29) is 34.2 Å². The lowest BCUT2D eigenvalue weighted by atomic mass is 10.0. The summed E-state index contributed by atoms with van der Waals surface area (Å²) in [5.41, 5.74) is 2.96. The van der Waals surface area contributed by atoms with E-state index in [1.807, 2.05) is 37.6 Å². The molecule has 13 nitrogen and oxygen atoms in total. The highest BCUT2D eigenvalue weighted by Crippen LogP contribution is 2.37. The van der Waals surface area contributed by atoms with Crippen LogP contribution in [-0.4, -0.2) is 70.3 Å². The summed E-state index contributed by atoms with van der Waals surface area (Å²) in [5, 5.41) is 3.77. The van der Waals surface area contributed by atoms with Gasteiger partial charge in [-0.05, 0) is 51.0 Å². The molecular weight excluding hydrogens is 606 g/mol. The Hall–Kier alpha value is -4.30. The highest BCUT2D eigenvalue weighted by Gasteiger charge is 2.45. The van der Waals surface area contributed by atoms with Crippen LogP contribution in [0.1, 0.15) is 46.7 Å². The quantitative estimate of drug-likeness (QED) is 0.287. The molecule has 3 atom stereocenters. The van der Waals surface area contributed by atoms with Crippen LogP contribution in [0.4, 0.5) is 17.5 Å². The van der Waals surface area contributed by atoms with Crippen molar-refractivity contribution in [2.75, 3.05) is 34.5 Å². The molecule has 2 fully saturated rings. The van der Waals surface area contributed by atoms with E-state index in [1.54, 1.807) is 30.1 Å². The Morgan fingerprint density at radius 2 is 1.80 bits per heavy atom. The van der Waals surface area contributed by atoms with Crippen molar-refractivity contribution in [3.63, 3.8) is 0 Å². The van der Waals surface area contributed by atoms with Crippen LogP contribution in [-0.2, 0) is 17.1 Å². The number of anilines is 3. The van der Waals surface area contributed by atoms with E-state index in [1.165, 1.54) is 6.07 Å². The predicted octanol–water partition coefficient (Wildman–Crippen LogP) is 2.72. The van der Waals surface area contributed by atoms with Gasteiger partial charge in [0.1, 0.15) is 11.0 Å². The van der Waals surface area contributed by atoms with Crippen molar-refractivity contribution in [2.45, 2.75) is 45.3 Å². The van der Waals surface area contributed by atoms with Crippen LogP contribution < -0.4 is 25.4 Å². The Bertz CT molecular complexity index is 1970. The van der Waals surface area contributed by atoms with Gasteiger partial charge in [0, 0.05) is 25.7 Å². The number of aromatic nitrogens is 5. The van der Waals surface area contributed by atoms with Gasteiger partial charge in [0.05, 0.1) is 59.1 Å². The van der Waals surface area contributed by atoms with Gasteiger partial charge in [0.15, 0.2) is 5.69 Å². The minimum Gasteiger partial charge on any atom is -0.377 e. The number of hydrogen-bond acceptors (Lipinski definition) is 11. The number of nitrogens with zero attached hydrogens (tertiary/aromatic N) is 7. The standard InChI is InChI=1S/C29H32ClN9O4S/c1-15-8-20(17(3)33-22-6-7-23(30)34-26(22)27(40)36-44(5,42)43)25-21(9-15)28(41)37(4)29(35-25)39-14-18-10-19(39)13-38(18)24-12-31-16(2)11-32-24/h6-9,11-12,17-19,33H,10,13-14H2,1-5H3,(H,36,40)/t17-,18-,19-/m1/s1. The molecule has 6 rings (SSSR count). The molecular formula is C29H32ClN9O4S. The molecule has 2 N–H and O–H groups in total. The van der Waals surface area contributed by atoms with Crippen LogP contribution in [0.2, 0.25) is 5.15 Å². The van der Waals surface area contributed by atoms with Gasteiger partial charge in [-0.2, -0.15) is 0 Å². The molecule has 2 saturated heterocycles. The highest BCUT2D eigenvalue weighted by atomic mass is 35.5. The fourth-order valence-electron chi connectivity index (χ4n) is 6.11. The molecule has 1 amide bonds. The van der Waals surface area contributed by atoms with Crippen molar-refractivity contribution in [3.8, 4) is 0 Å². The van der Waals surface area contributed by atoms with Crippen molar-refractivity contribution in [1.29, 1.82) is 0 Å². The van der Waals surface area contributed by atoms with E-state index in [0.29, 0.717) is 23.4 Å². The van der Waals surface area contributed by atoms with Gasteiger partial charge in [-0.3, -0.25) is 19.1 Å². The van der Waals surface area contributed by atoms with E-state index in [9.17, 15) is 18.0 Å². The lowest BCUT2D eigenvalue weighted by molar-refractivity contribution is 0.0977. The number of fused-ring (bicyclic) bond motifs is 3. The summed E-state index contributed by atoms with van der Waals surface area (Å²) in [7, 11) is -2.09. The molecule has 44 heavy (non-hydrogen) atoms. The molecule has 0 unspecified atom stereocenters. The first-order chi connectivity index (χ1) is 20.8. The Morgan fingerprint density at radius 1 is 1.07 bits per heavy atom. The first-order valence-electron chi connectivity index (χ1n) is 14.1. The minimum absolute atomic E-state index is 0.0329. The van der Waals surface area contributed by atoms with Gasteiger partial charge in [-0.1, -0.05) is 17.7 Å². The summed E-state index contributed by atoms with van der Waals surface area (Å²) in [4.78, 5) is 49.1. The fourth-order valence-corrected chi connectivity index (χ4v) is 6.69. The number of aryl methyl sites for hydroxylation is 2. The number of halogens is 1. The van der Waals surface area contributed by atoms with Crippen molar-refractivity contribution in [3.05, 3.63) is 74.7 Å². The van der Waals surface area contributed by atoms with Gasteiger partial charge < -0.3 is 15.1 Å². The molecule has 0 saturated carbocycles. The van der Waals surface area contributed by atoms with Gasteiger partial charge in [0.25, 0.3) is 11.5 Å². The number of benzene rings is 1. The monoisotopic (exact) mass is 637 g/mol. The molecule has 0 spiro atoms. The average molecular weight is 638 g/mol. The third-order valence-corrected chi connectivity index (χ3v) is 8.85. The number of nitrogens with one attached hydrogen (secondary N) is 2. The van der Waals surface area contributed by atoms with Crippen molar-refractivity contribution >= 4 is 55.9 Å². The molecule has 4 aromatic rings. The highest BCUT2D eigenvalue weighted by molar-refractivity contribution is 7.89. The summed E-state index contributed by atoms with van der Waals surface area (Å²) < 4.78 is 27.0. The van der Waals surface area contributed by atoms with Crippen LogP contribution in [0.25, 0.3) is 10.9 Å². The molecule has 3 aromatic heterocycles. The Kier molecular flexibility index (Phi) is 7.44.